The Morgan fingerprint density at radius 1 is 1.19 bits per heavy atom. The van der Waals surface area contributed by atoms with Gasteiger partial charge < -0.3 is 5.32 Å². The number of nitrogens with zero attached hydrogens (tertiary/aromatic N) is 4. The molecule has 1 aromatic heterocycles. The smallest absolute Gasteiger partial charge is 0.343 e. The van der Waals surface area contributed by atoms with Crippen molar-refractivity contribution < 1.29 is 18.0 Å². The summed E-state index contributed by atoms with van der Waals surface area (Å²) in [6.45, 7) is 0.544. The molecule has 1 amide bonds. The van der Waals surface area contributed by atoms with Crippen LogP contribution in [-0.2, 0) is 11.3 Å². The van der Waals surface area contributed by atoms with Crippen molar-refractivity contribution in [1.29, 1.82) is 5.26 Å². The molecule has 0 atom stereocenters. The summed E-state index contributed by atoms with van der Waals surface area (Å²) >= 11 is 0. The molecule has 2 aromatic carbocycles. The fourth-order valence-corrected chi connectivity index (χ4v) is 2.86. The molecule has 0 unspecified atom stereocenters. The first kappa shape index (κ1) is 22.7. The molecular weight excluding hydrogens is 419 g/mol. The average Bonchev–Trinajstić information content (AvgIpc) is 3.27. The number of benzene rings is 2. The first-order valence-corrected chi connectivity index (χ1v) is 9.89. The van der Waals surface area contributed by atoms with Gasteiger partial charge in [0.25, 0.3) is 5.91 Å². The molecule has 0 saturated carbocycles. The lowest BCUT2D eigenvalue weighted by atomic mass is 10.1. The summed E-state index contributed by atoms with van der Waals surface area (Å²) in [7, 11) is 0. The molecule has 0 aliphatic carbocycles. The third-order valence-corrected chi connectivity index (χ3v) is 4.61. The first-order chi connectivity index (χ1) is 15.4. The van der Waals surface area contributed by atoms with Gasteiger partial charge in [0, 0.05) is 18.7 Å². The molecular formula is C23H20F3N5O. The summed E-state index contributed by atoms with van der Waals surface area (Å²) in [5.74, 6) is -5.59. The summed E-state index contributed by atoms with van der Waals surface area (Å²) in [5, 5.41) is 19.0. The monoisotopic (exact) mass is 439 g/mol. The maximum Gasteiger partial charge on any atom is 0.343 e. The highest BCUT2D eigenvalue weighted by molar-refractivity contribution is 5.86. The fourth-order valence-electron chi connectivity index (χ4n) is 2.86. The summed E-state index contributed by atoms with van der Waals surface area (Å²) < 4.78 is 43.2. The predicted molar refractivity (Wildman–Crippen MR) is 113 cm³/mol. The van der Waals surface area contributed by atoms with E-state index in [4.69, 9.17) is 5.26 Å². The molecule has 6 nitrogen and oxygen atoms in total. The van der Waals surface area contributed by atoms with Crippen molar-refractivity contribution in [2.24, 2.45) is 0 Å². The van der Waals surface area contributed by atoms with Gasteiger partial charge in [0.1, 0.15) is 17.6 Å². The standard InChI is InChI=1S/C23H20F3N5O/c24-20-14-18(8-9-19(20)15-27)21-16-31(30-29-21)13-5-4-12-28-22(32)23(25,26)11-10-17-6-2-1-3-7-17/h1-3,6-11,14,16H,4-5,12-13H2,(H,28,32)/b11-10+. The molecule has 164 valence electrons. The number of hydrogen-bond acceptors (Lipinski definition) is 4. The van der Waals surface area contributed by atoms with Crippen LogP contribution in [0.1, 0.15) is 24.0 Å². The Bertz CT molecular complexity index is 1140. The van der Waals surface area contributed by atoms with Gasteiger partial charge >= 0.3 is 5.92 Å². The summed E-state index contributed by atoms with van der Waals surface area (Å²) in [4.78, 5) is 11.8. The van der Waals surface area contributed by atoms with Gasteiger partial charge in [-0.25, -0.2) is 4.39 Å². The van der Waals surface area contributed by atoms with Crippen molar-refractivity contribution in [1.82, 2.24) is 20.3 Å². The SMILES string of the molecule is N#Cc1ccc(-c2cn(CCCCNC(=O)C(F)(F)/C=C/c3ccccc3)nn2)cc1F. The number of carbonyl (C=O) groups excluding carboxylic acids is 1. The van der Waals surface area contributed by atoms with Crippen molar-refractivity contribution in [3.8, 4) is 17.3 Å². The minimum Gasteiger partial charge on any atom is -0.351 e. The Morgan fingerprint density at radius 3 is 2.69 bits per heavy atom. The number of aromatic nitrogens is 3. The van der Waals surface area contributed by atoms with E-state index in [1.807, 2.05) is 0 Å². The maximum absolute atomic E-state index is 14.0. The number of nitrogens with one attached hydrogen (secondary N) is 1. The van der Waals surface area contributed by atoms with Gasteiger partial charge in [0.2, 0.25) is 0 Å². The van der Waals surface area contributed by atoms with E-state index in [1.165, 1.54) is 18.2 Å². The highest BCUT2D eigenvalue weighted by Gasteiger charge is 2.35. The zero-order chi connectivity index (χ0) is 23.0. The van der Waals surface area contributed by atoms with E-state index < -0.39 is 17.6 Å². The number of hydrogen-bond donors (Lipinski definition) is 1. The lowest BCUT2D eigenvalue weighted by molar-refractivity contribution is -0.139. The van der Waals surface area contributed by atoms with Gasteiger partial charge in [-0.1, -0.05) is 47.7 Å². The Hall–Kier alpha value is -3.93. The van der Waals surface area contributed by atoms with Crippen molar-refractivity contribution in [2.45, 2.75) is 25.3 Å². The van der Waals surface area contributed by atoms with Crippen LogP contribution in [-0.4, -0.2) is 33.4 Å². The number of amides is 1. The average molecular weight is 439 g/mol. The quantitative estimate of drug-likeness (QED) is 0.507. The fraction of sp³-hybridized carbons (Fsp3) is 0.217. The molecule has 1 N–H and O–H groups in total. The van der Waals surface area contributed by atoms with Crippen LogP contribution in [0.25, 0.3) is 17.3 Å². The third-order valence-electron chi connectivity index (χ3n) is 4.61. The number of halogens is 3. The van der Waals surface area contributed by atoms with Crippen molar-refractivity contribution in [2.75, 3.05) is 6.54 Å². The maximum atomic E-state index is 14.0. The molecule has 0 saturated heterocycles. The van der Waals surface area contributed by atoms with E-state index in [0.29, 0.717) is 42.3 Å². The molecule has 9 heteroatoms. The van der Waals surface area contributed by atoms with E-state index in [1.54, 1.807) is 53.3 Å². The van der Waals surface area contributed by atoms with E-state index in [2.05, 4.69) is 15.6 Å². The molecule has 0 aliphatic rings. The van der Waals surface area contributed by atoms with E-state index in [9.17, 15) is 18.0 Å². The van der Waals surface area contributed by atoms with Crippen molar-refractivity contribution in [3.63, 3.8) is 0 Å². The van der Waals surface area contributed by atoms with Gasteiger partial charge in [0.15, 0.2) is 0 Å². The molecule has 0 radical (unpaired) electrons. The topological polar surface area (TPSA) is 83.6 Å². The van der Waals surface area contributed by atoms with Gasteiger partial charge in [0.05, 0.1) is 11.8 Å². The first-order valence-electron chi connectivity index (χ1n) is 9.89. The molecule has 0 bridgehead atoms. The molecule has 1 heterocycles. The van der Waals surface area contributed by atoms with Crippen LogP contribution in [0.2, 0.25) is 0 Å². The predicted octanol–water partition coefficient (Wildman–Crippen LogP) is 4.20. The van der Waals surface area contributed by atoms with Crippen LogP contribution in [0.5, 0.6) is 0 Å². The largest absolute Gasteiger partial charge is 0.351 e. The van der Waals surface area contributed by atoms with Crippen LogP contribution >= 0.6 is 0 Å². The van der Waals surface area contributed by atoms with Crippen LogP contribution < -0.4 is 5.32 Å². The molecule has 3 aromatic rings. The number of aryl methyl sites for hydroxylation is 1. The van der Waals surface area contributed by atoms with E-state index >= 15 is 0 Å². The highest BCUT2D eigenvalue weighted by Crippen LogP contribution is 2.20. The van der Waals surface area contributed by atoms with E-state index in [0.717, 1.165) is 0 Å². The van der Waals surface area contributed by atoms with E-state index in [-0.39, 0.29) is 12.1 Å². The molecule has 0 spiro atoms. The minimum absolute atomic E-state index is 0.0516. The number of nitriles is 1. The number of carbonyl (C=O) groups is 1. The second-order valence-electron chi connectivity index (χ2n) is 7.00. The van der Waals surface area contributed by atoms with Crippen molar-refractivity contribution in [3.05, 3.63) is 77.7 Å². The second kappa shape index (κ2) is 10.4. The Balaban J connectivity index is 1.43. The molecule has 0 aliphatic heterocycles. The summed E-state index contributed by atoms with van der Waals surface area (Å²) in [6.07, 6.45) is 4.45. The van der Waals surface area contributed by atoms with Gasteiger partial charge in [-0.15, -0.1) is 5.10 Å². The lowest BCUT2D eigenvalue weighted by Crippen LogP contribution is -2.39. The zero-order valence-electron chi connectivity index (χ0n) is 17.0. The minimum atomic E-state index is -3.60. The van der Waals surface area contributed by atoms with Gasteiger partial charge in [-0.05, 0) is 36.6 Å². The van der Waals surface area contributed by atoms with Crippen molar-refractivity contribution >= 4 is 12.0 Å². The van der Waals surface area contributed by atoms with Gasteiger partial charge in [-0.3, -0.25) is 9.48 Å². The Morgan fingerprint density at radius 2 is 1.97 bits per heavy atom. The molecule has 0 fully saturated rings. The number of alkyl halides is 2. The molecule has 32 heavy (non-hydrogen) atoms. The zero-order valence-corrected chi connectivity index (χ0v) is 17.0. The normalized spacial score (nSPS) is 11.4. The Kier molecular flexibility index (Phi) is 7.39. The third kappa shape index (κ3) is 6.04. The van der Waals surface area contributed by atoms with Gasteiger partial charge in [-0.2, -0.15) is 14.0 Å². The van der Waals surface area contributed by atoms with Crippen LogP contribution in [0, 0.1) is 17.1 Å². The van der Waals surface area contributed by atoms with Crippen LogP contribution in [0.4, 0.5) is 13.2 Å². The molecule has 3 rings (SSSR count). The number of unbranched alkanes of at least 4 members (excludes halogenated alkanes) is 1. The Labute approximate surface area is 183 Å². The lowest BCUT2D eigenvalue weighted by Gasteiger charge is -2.12. The summed E-state index contributed by atoms with van der Waals surface area (Å²) in [5.41, 5.74) is 1.47. The number of rotatable bonds is 9. The van der Waals surface area contributed by atoms with Crippen LogP contribution in [0.15, 0.2) is 60.8 Å². The highest BCUT2D eigenvalue weighted by atomic mass is 19.3. The second-order valence-corrected chi connectivity index (χ2v) is 7.00. The summed E-state index contributed by atoms with van der Waals surface area (Å²) in [6, 6.07) is 14.5. The van der Waals surface area contributed by atoms with Crippen LogP contribution in [0.3, 0.4) is 0 Å².